The van der Waals surface area contributed by atoms with E-state index in [0.717, 1.165) is 18.8 Å². The maximum atomic E-state index is 11.5. The van der Waals surface area contributed by atoms with Crippen molar-refractivity contribution >= 4 is 11.9 Å². The molecule has 4 nitrogen and oxygen atoms in total. The minimum atomic E-state index is -0.805. The lowest BCUT2D eigenvalue weighted by Crippen LogP contribution is -2.06. The average Bonchev–Trinajstić information content (AvgIpc) is 2.64. The largest absolute Gasteiger partial charge is 0.481 e. The second-order valence-electron chi connectivity index (χ2n) is 8.60. The normalized spacial score (nSPS) is 11.1. The molecular weight excluding hydrogens is 352 g/mol. The first-order valence-corrected chi connectivity index (χ1v) is 11.9. The van der Waals surface area contributed by atoms with E-state index >= 15 is 0 Å². The van der Waals surface area contributed by atoms with Gasteiger partial charge in [-0.2, -0.15) is 0 Å². The predicted molar refractivity (Wildman–Crippen MR) is 117 cm³/mol. The van der Waals surface area contributed by atoms with Crippen molar-refractivity contribution in [2.24, 2.45) is 5.92 Å². The monoisotopic (exact) mass is 398 g/mol. The Hall–Kier alpha value is -1.06. The van der Waals surface area contributed by atoms with Gasteiger partial charge in [-0.05, 0) is 25.2 Å². The van der Waals surface area contributed by atoms with E-state index in [1.807, 2.05) is 0 Å². The Balaban J connectivity index is 3.13. The summed E-state index contributed by atoms with van der Waals surface area (Å²) in [6.07, 6.45) is 20.1. The molecule has 166 valence electrons. The first kappa shape index (κ1) is 26.9. The van der Waals surface area contributed by atoms with Gasteiger partial charge in [0.25, 0.3) is 0 Å². The Labute approximate surface area is 173 Å². The molecule has 0 heterocycles. The van der Waals surface area contributed by atoms with Crippen LogP contribution in [-0.2, 0) is 14.3 Å². The van der Waals surface area contributed by atoms with E-state index in [9.17, 15) is 9.59 Å². The SMILES string of the molecule is CC(C)CCCCCCCCCCCCCCCOC(=O)CCCCC(=O)O. The third-order valence-electron chi connectivity index (χ3n) is 5.21. The van der Waals surface area contributed by atoms with Gasteiger partial charge in [-0.15, -0.1) is 0 Å². The zero-order chi connectivity index (χ0) is 20.9. The maximum Gasteiger partial charge on any atom is 0.305 e. The number of hydrogen-bond donors (Lipinski definition) is 1. The number of ether oxygens (including phenoxy) is 1. The molecule has 0 aromatic heterocycles. The predicted octanol–water partition coefficient (Wildman–Crippen LogP) is 7.29. The highest BCUT2D eigenvalue weighted by molar-refractivity contribution is 5.69. The van der Waals surface area contributed by atoms with Crippen molar-refractivity contribution in [3.8, 4) is 0 Å². The van der Waals surface area contributed by atoms with Gasteiger partial charge in [0.05, 0.1) is 6.61 Å². The van der Waals surface area contributed by atoms with Crippen LogP contribution in [-0.4, -0.2) is 23.7 Å². The fourth-order valence-electron chi connectivity index (χ4n) is 3.40. The van der Waals surface area contributed by atoms with Crippen LogP contribution < -0.4 is 0 Å². The van der Waals surface area contributed by atoms with E-state index in [-0.39, 0.29) is 12.4 Å². The van der Waals surface area contributed by atoms with Crippen molar-refractivity contribution in [2.45, 2.75) is 129 Å². The molecule has 0 spiro atoms. The number of aliphatic carboxylic acids is 1. The standard InChI is InChI=1S/C24H46O4/c1-22(2)18-14-12-10-8-6-4-3-5-7-9-11-13-17-21-28-24(27)20-16-15-19-23(25)26/h22H,3-21H2,1-2H3,(H,25,26). The number of carbonyl (C=O) groups is 2. The number of carboxylic acid groups (broad SMARTS) is 1. The van der Waals surface area contributed by atoms with Gasteiger partial charge in [-0.1, -0.05) is 97.3 Å². The van der Waals surface area contributed by atoms with Crippen LogP contribution in [0.2, 0.25) is 0 Å². The summed E-state index contributed by atoms with van der Waals surface area (Å²) in [6.45, 7) is 5.13. The average molecular weight is 399 g/mol. The Bertz CT molecular complexity index is 366. The molecule has 0 amide bonds. The van der Waals surface area contributed by atoms with Crippen LogP contribution in [0.1, 0.15) is 129 Å². The summed E-state index contributed by atoms with van der Waals surface area (Å²) in [5.74, 6) is -0.136. The van der Waals surface area contributed by atoms with Gasteiger partial charge >= 0.3 is 11.9 Å². The molecule has 0 unspecified atom stereocenters. The summed E-state index contributed by atoms with van der Waals surface area (Å²) in [6, 6.07) is 0. The van der Waals surface area contributed by atoms with E-state index in [1.165, 1.54) is 77.0 Å². The van der Waals surface area contributed by atoms with Crippen LogP contribution in [0.25, 0.3) is 0 Å². The minimum absolute atomic E-state index is 0.131. The zero-order valence-electron chi connectivity index (χ0n) is 18.7. The van der Waals surface area contributed by atoms with Crippen LogP contribution in [0.5, 0.6) is 0 Å². The van der Waals surface area contributed by atoms with Crippen LogP contribution in [0.15, 0.2) is 0 Å². The molecular formula is C24H46O4. The topological polar surface area (TPSA) is 63.6 Å². The summed E-state index contributed by atoms with van der Waals surface area (Å²) in [4.78, 5) is 21.9. The smallest absolute Gasteiger partial charge is 0.305 e. The van der Waals surface area contributed by atoms with Gasteiger partial charge in [-0.3, -0.25) is 9.59 Å². The fourth-order valence-corrected chi connectivity index (χ4v) is 3.40. The quantitative estimate of drug-likeness (QED) is 0.163. The third kappa shape index (κ3) is 23.0. The highest BCUT2D eigenvalue weighted by Crippen LogP contribution is 2.14. The summed E-state index contributed by atoms with van der Waals surface area (Å²) in [5.41, 5.74) is 0. The van der Waals surface area contributed by atoms with E-state index < -0.39 is 5.97 Å². The molecule has 0 atom stereocenters. The molecule has 0 bridgehead atoms. The number of carbonyl (C=O) groups excluding carboxylic acids is 1. The molecule has 0 saturated heterocycles. The minimum Gasteiger partial charge on any atom is -0.481 e. The second-order valence-corrected chi connectivity index (χ2v) is 8.60. The van der Waals surface area contributed by atoms with Gasteiger partial charge in [0.1, 0.15) is 0 Å². The molecule has 0 aliphatic carbocycles. The van der Waals surface area contributed by atoms with Gasteiger partial charge < -0.3 is 9.84 Å². The third-order valence-corrected chi connectivity index (χ3v) is 5.21. The highest BCUT2D eigenvalue weighted by Gasteiger charge is 2.04. The Morgan fingerprint density at radius 2 is 1.07 bits per heavy atom. The van der Waals surface area contributed by atoms with E-state index in [4.69, 9.17) is 9.84 Å². The molecule has 0 rings (SSSR count). The molecule has 4 heteroatoms. The van der Waals surface area contributed by atoms with Crippen molar-refractivity contribution in [2.75, 3.05) is 6.61 Å². The summed E-state index contributed by atoms with van der Waals surface area (Å²) >= 11 is 0. The zero-order valence-corrected chi connectivity index (χ0v) is 18.7. The van der Waals surface area contributed by atoms with Gasteiger partial charge in [0, 0.05) is 12.8 Å². The van der Waals surface area contributed by atoms with Crippen molar-refractivity contribution in [1.82, 2.24) is 0 Å². The Morgan fingerprint density at radius 1 is 0.643 bits per heavy atom. The van der Waals surface area contributed by atoms with Crippen molar-refractivity contribution < 1.29 is 19.4 Å². The van der Waals surface area contributed by atoms with Gasteiger partial charge in [0.15, 0.2) is 0 Å². The molecule has 0 fully saturated rings. The van der Waals surface area contributed by atoms with E-state index in [1.54, 1.807) is 0 Å². The maximum absolute atomic E-state index is 11.5. The Kier molecular flexibility index (Phi) is 19.9. The molecule has 28 heavy (non-hydrogen) atoms. The molecule has 0 aromatic rings. The fraction of sp³-hybridized carbons (Fsp3) is 0.917. The number of unbranched alkanes of at least 4 members (excludes halogenated alkanes) is 13. The van der Waals surface area contributed by atoms with Crippen LogP contribution in [0, 0.1) is 5.92 Å². The molecule has 0 aliphatic rings. The number of rotatable bonds is 21. The number of carboxylic acids is 1. The lowest BCUT2D eigenvalue weighted by atomic mass is 10.0. The molecule has 1 N–H and O–H groups in total. The molecule has 0 aromatic carbocycles. The van der Waals surface area contributed by atoms with Crippen LogP contribution in [0.3, 0.4) is 0 Å². The van der Waals surface area contributed by atoms with Crippen molar-refractivity contribution in [3.63, 3.8) is 0 Å². The van der Waals surface area contributed by atoms with Crippen LogP contribution in [0.4, 0.5) is 0 Å². The number of hydrogen-bond acceptors (Lipinski definition) is 3. The van der Waals surface area contributed by atoms with Crippen molar-refractivity contribution in [1.29, 1.82) is 0 Å². The van der Waals surface area contributed by atoms with Gasteiger partial charge in [-0.25, -0.2) is 0 Å². The summed E-state index contributed by atoms with van der Waals surface area (Å²) < 4.78 is 5.18. The Morgan fingerprint density at radius 3 is 1.54 bits per heavy atom. The molecule has 0 saturated carbocycles. The number of esters is 1. The highest BCUT2D eigenvalue weighted by atomic mass is 16.5. The second kappa shape index (κ2) is 20.7. The van der Waals surface area contributed by atoms with Crippen LogP contribution >= 0.6 is 0 Å². The molecule has 0 aliphatic heterocycles. The van der Waals surface area contributed by atoms with E-state index in [2.05, 4.69) is 13.8 Å². The van der Waals surface area contributed by atoms with E-state index in [0.29, 0.717) is 25.9 Å². The summed E-state index contributed by atoms with van der Waals surface area (Å²) in [5, 5.41) is 8.53. The first-order valence-electron chi connectivity index (χ1n) is 11.9. The summed E-state index contributed by atoms with van der Waals surface area (Å²) in [7, 11) is 0. The first-order chi connectivity index (χ1) is 13.5. The molecule has 0 radical (unpaired) electrons. The van der Waals surface area contributed by atoms with Crippen molar-refractivity contribution in [3.05, 3.63) is 0 Å². The van der Waals surface area contributed by atoms with Gasteiger partial charge in [0.2, 0.25) is 0 Å². The lowest BCUT2D eigenvalue weighted by molar-refractivity contribution is -0.144. The lowest BCUT2D eigenvalue weighted by Gasteiger charge is -2.05.